The molecule has 1 saturated carbocycles. The summed E-state index contributed by atoms with van der Waals surface area (Å²) in [4.78, 5) is 0. The van der Waals surface area contributed by atoms with Gasteiger partial charge in [0.05, 0.1) is 11.4 Å². The third-order valence-electron chi connectivity index (χ3n) is 5.97. The number of benzene rings is 1. The second kappa shape index (κ2) is 11.2. The molecule has 0 heterocycles. The zero-order valence-corrected chi connectivity index (χ0v) is 18.9. The van der Waals surface area contributed by atoms with Crippen LogP contribution in [-0.2, 0) is 0 Å². The molecule has 1 aliphatic rings. The van der Waals surface area contributed by atoms with Gasteiger partial charge in [0.15, 0.2) is 0 Å². The fourth-order valence-corrected chi connectivity index (χ4v) is 4.25. The van der Waals surface area contributed by atoms with Crippen LogP contribution in [-0.4, -0.2) is 11.8 Å². The molecule has 4 heteroatoms. The highest BCUT2D eigenvalue weighted by Crippen LogP contribution is 2.27. The summed E-state index contributed by atoms with van der Waals surface area (Å²) in [5.41, 5.74) is 2.42. The van der Waals surface area contributed by atoms with Crippen LogP contribution in [0.2, 0.25) is 0 Å². The van der Waals surface area contributed by atoms with Gasteiger partial charge in [-0.1, -0.05) is 45.1 Å². The maximum atomic E-state index is 14.6. The Hall–Kier alpha value is -2.23. The van der Waals surface area contributed by atoms with Gasteiger partial charge in [0.25, 0.3) is 0 Å². The SMILES string of the molecule is C=C(/C=C(NC(C)CC1CCCCCC1)\C(F)=C/C)C(=N)c1cc(C)cc(F)c1C. The third-order valence-corrected chi connectivity index (χ3v) is 5.97. The summed E-state index contributed by atoms with van der Waals surface area (Å²) >= 11 is 0. The van der Waals surface area contributed by atoms with Crippen molar-refractivity contribution in [2.75, 3.05) is 0 Å². The van der Waals surface area contributed by atoms with Gasteiger partial charge < -0.3 is 5.32 Å². The second-order valence-corrected chi connectivity index (χ2v) is 8.65. The normalized spacial score (nSPS) is 17.4. The predicted molar refractivity (Wildman–Crippen MR) is 123 cm³/mol. The van der Waals surface area contributed by atoms with Crippen LogP contribution in [0.25, 0.3) is 0 Å². The van der Waals surface area contributed by atoms with Crippen LogP contribution in [0.3, 0.4) is 0 Å². The largest absolute Gasteiger partial charge is 0.380 e. The van der Waals surface area contributed by atoms with Gasteiger partial charge in [-0.15, -0.1) is 0 Å². The molecule has 2 nitrogen and oxygen atoms in total. The molecule has 0 aliphatic heterocycles. The summed E-state index contributed by atoms with van der Waals surface area (Å²) in [6, 6.07) is 3.34. The van der Waals surface area contributed by atoms with Gasteiger partial charge in [-0.05, 0) is 81.0 Å². The molecule has 1 aromatic rings. The highest BCUT2D eigenvalue weighted by Gasteiger charge is 2.18. The van der Waals surface area contributed by atoms with E-state index >= 15 is 0 Å². The van der Waals surface area contributed by atoms with Crippen molar-refractivity contribution in [2.24, 2.45) is 5.92 Å². The zero-order chi connectivity index (χ0) is 22.3. The summed E-state index contributed by atoms with van der Waals surface area (Å²) < 4.78 is 28.7. The van der Waals surface area contributed by atoms with Crippen LogP contribution in [0.15, 0.2) is 48.0 Å². The topological polar surface area (TPSA) is 35.9 Å². The highest BCUT2D eigenvalue weighted by molar-refractivity contribution is 6.13. The minimum atomic E-state index is -0.371. The van der Waals surface area contributed by atoms with E-state index in [-0.39, 0.29) is 23.4 Å². The molecule has 0 amide bonds. The van der Waals surface area contributed by atoms with Crippen LogP contribution < -0.4 is 5.32 Å². The Morgan fingerprint density at radius 3 is 2.47 bits per heavy atom. The molecule has 0 spiro atoms. The first kappa shape index (κ1) is 24.0. The number of allylic oxidation sites excluding steroid dienone is 4. The lowest BCUT2D eigenvalue weighted by molar-refractivity contribution is 0.375. The van der Waals surface area contributed by atoms with E-state index in [0.29, 0.717) is 28.3 Å². The minimum Gasteiger partial charge on any atom is -0.380 e. The molecule has 2 N–H and O–H groups in total. The van der Waals surface area contributed by atoms with Gasteiger partial charge in [-0.25, -0.2) is 8.78 Å². The molecule has 1 atom stereocenters. The number of halogens is 2. The van der Waals surface area contributed by atoms with Crippen molar-refractivity contribution in [2.45, 2.75) is 78.7 Å². The quantitative estimate of drug-likeness (QED) is 0.258. The number of rotatable bonds is 8. The van der Waals surface area contributed by atoms with Gasteiger partial charge in [0, 0.05) is 11.6 Å². The smallest absolute Gasteiger partial charge is 0.142 e. The maximum absolute atomic E-state index is 14.6. The molecule has 164 valence electrons. The first-order valence-corrected chi connectivity index (χ1v) is 11.1. The molecule has 1 aliphatic carbocycles. The van der Waals surface area contributed by atoms with Crippen molar-refractivity contribution >= 4 is 5.71 Å². The van der Waals surface area contributed by atoms with Crippen molar-refractivity contribution in [3.8, 4) is 0 Å². The standard InChI is InChI=1S/C26H36F2N2/c1-6-23(27)25(30-19(4)16-21-11-9-7-8-10-12-21)15-18(3)26(29)22-13-17(2)14-24(28)20(22)5/h6,13-15,19,21,29-30H,3,7-12,16H2,1-2,4-5H3/b23-6+,25-15+,29-26?. The molecular formula is C26H36F2N2. The van der Waals surface area contributed by atoms with Crippen LogP contribution in [0.5, 0.6) is 0 Å². The Kier molecular flexibility index (Phi) is 9.01. The Balaban J connectivity index is 2.17. The lowest BCUT2D eigenvalue weighted by Crippen LogP contribution is -2.28. The Morgan fingerprint density at radius 1 is 1.23 bits per heavy atom. The van der Waals surface area contributed by atoms with E-state index in [1.807, 2.05) is 0 Å². The molecule has 0 saturated heterocycles. The lowest BCUT2D eigenvalue weighted by Gasteiger charge is -2.23. The number of nitrogens with one attached hydrogen (secondary N) is 2. The summed E-state index contributed by atoms with van der Waals surface area (Å²) in [7, 11) is 0. The number of aryl methyl sites for hydroxylation is 1. The van der Waals surface area contributed by atoms with Gasteiger partial charge in [-0.2, -0.15) is 0 Å². The summed E-state index contributed by atoms with van der Waals surface area (Å²) in [5, 5.41) is 11.8. The number of hydrogen-bond donors (Lipinski definition) is 2. The fourth-order valence-electron chi connectivity index (χ4n) is 4.25. The van der Waals surface area contributed by atoms with Crippen LogP contribution >= 0.6 is 0 Å². The zero-order valence-electron chi connectivity index (χ0n) is 18.9. The molecule has 30 heavy (non-hydrogen) atoms. The van der Waals surface area contributed by atoms with Crippen molar-refractivity contribution in [1.29, 1.82) is 5.41 Å². The lowest BCUT2D eigenvalue weighted by atomic mass is 9.93. The van der Waals surface area contributed by atoms with E-state index in [9.17, 15) is 8.78 Å². The number of hydrogen-bond acceptors (Lipinski definition) is 2. The van der Waals surface area contributed by atoms with Gasteiger partial charge in [0.1, 0.15) is 11.6 Å². The van der Waals surface area contributed by atoms with Crippen LogP contribution in [0.1, 0.15) is 75.5 Å². The third kappa shape index (κ3) is 6.65. The van der Waals surface area contributed by atoms with Crippen molar-refractivity contribution in [3.05, 3.63) is 70.5 Å². The van der Waals surface area contributed by atoms with Crippen LogP contribution in [0, 0.1) is 31.0 Å². The highest BCUT2D eigenvalue weighted by atomic mass is 19.1. The Labute approximate surface area is 180 Å². The maximum Gasteiger partial charge on any atom is 0.142 e. The fraction of sp³-hybridized carbons (Fsp3) is 0.500. The molecule has 1 aromatic carbocycles. The summed E-state index contributed by atoms with van der Waals surface area (Å²) in [6.07, 6.45) is 11.7. The van der Waals surface area contributed by atoms with Crippen molar-refractivity contribution in [1.82, 2.24) is 5.32 Å². The minimum absolute atomic E-state index is 0.106. The van der Waals surface area contributed by atoms with Crippen molar-refractivity contribution < 1.29 is 8.78 Å². The van der Waals surface area contributed by atoms with Gasteiger partial charge in [0.2, 0.25) is 0 Å². The van der Waals surface area contributed by atoms with E-state index in [2.05, 4.69) is 18.8 Å². The van der Waals surface area contributed by atoms with Crippen LogP contribution in [0.4, 0.5) is 8.78 Å². The molecule has 2 rings (SSSR count). The molecule has 1 unspecified atom stereocenters. The average Bonchev–Trinajstić information content (AvgIpc) is 2.97. The van der Waals surface area contributed by atoms with Gasteiger partial charge >= 0.3 is 0 Å². The molecule has 0 bridgehead atoms. The average molecular weight is 415 g/mol. The first-order chi connectivity index (χ1) is 14.2. The second-order valence-electron chi connectivity index (χ2n) is 8.65. The van der Waals surface area contributed by atoms with E-state index in [1.54, 1.807) is 32.9 Å². The molecule has 0 radical (unpaired) electrons. The van der Waals surface area contributed by atoms with E-state index in [0.717, 1.165) is 12.0 Å². The molecule has 1 fully saturated rings. The monoisotopic (exact) mass is 414 g/mol. The van der Waals surface area contributed by atoms with E-state index in [4.69, 9.17) is 5.41 Å². The predicted octanol–water partition coefficient (Wildman–Crippen LogP) is 7.46. The van der Waals surface area contributed by atoms with E-state index in [1.165, 1.54) is 50.7 Å². The molecular weight excluding hydrogens is 378 g/mol. The summed E-state index contributed by atoms with van der Waals surface area (Å²) in [5.74, 6) is -0.0466. The van der Waals surface area contributed by atoms with E-state index < -0.39 is 0 Å². The summed E-state index contributed by atoms with van der Waals surface area (Å²) in [6.45, 7) is 11.1. The Bertz CT molecular complexity index is 828. The molecule has 0 aromatic heterocycles. The van der Waals surface area contributed by atoms with Crippen molar-refractivity contribution in [3.63, 3.8) is 0 Å². The van der Waals surface area contributed by atoms with Gasteiger partial charge in [-0.3, -0.25) is 5.41 Å². The Morgan fingerprint density at radius 2 is 1.87 bits per heavy atom. The first-order valence-electron chi connectivity index (χ1n) is 11.1.